The largest absolute Gasteiger partial charge is 3.00 e. The summed E-state index contributed by atoms with van der Waals surface area (Å²) in [5.74, 6) is 0. The van der Waals surface area contributed by atoms with E-state index in [9.17, 15) is 0 Å². The standard InChI is InChI=1S/C30H32N2.C11H8N.Ir/c1-28(2)15-16-29(3,4)23-18-26-24(17-22(23)28)30(5,6)21-13-10-14-25-27(21)32(26)19-31(25)20-11-8-7-9-12-20;1-2-6-10(7-3-1)11-8-4-5-9-12-11;/h7-14,17,19H,15-16H2,1-6H3;1-6,8-9H;/q-2;-1;+3. The van der Waals surface area contributed by atoms with Gasteiger partial charge in [-0.3, -0.25) is 0 Å². The average molecular weight is 767 g/mol. The molecule has 8 rings (SSSR count). The van der Waals surface area contributed by atoms with Crippen molar-refractivity contribution < 1.29 is 20.1 Å². The molecule has 0 N–H and O–H groups in total. The van der Waals surface area contributed by atoms with Gasteiger partial charge in [0.1, 0.15) is 0 Å². The molecular formula is C41H40IrN3. The summed E-state index contributed by atoms with van der Waals surface area (Å²) in [6.07, 6.45) is 4.21. The molecule has 0 unspecified atom stereocenters. The van der Waals surface area contributed by atoms with Gasteiger partial charge in [0.25, 0.3) is 0 Å². The van der Waals surface area contributed by atoms with Crippen LogP contribution in [0.2, 0.25) is 0 Å². The molecular weight excluding hydrogens is 727 g/mol. The van der Waals surface area contributed by atoms with Crippen LogP contribution in [0.4, 0.5) is 22.7 Å². The summed E-state index contributed by atoms with van der Waals surface area (Å²) in [4.78, 5) is 8.94. The molecule has 1 aromatic heterocycles. The zero-order chi connectivity index (χ0) is 30.7. The van der Waals surface area contributed by atoms with E-state index in [2.05, 4.69) is 130 Å². The minimum atomic E-state index is -0.0824. The predicted molar refractivity (Wildman–Crippen MR) is 183 cm³/mol. The van der Waals surface area contributed by atoms with Crippen LogP contribution in [0.5, 0.6) is 0 Å². The van der Waals surface area contributed by atoms with E-state index in [0.29, 0.717) is 0 Å². The van der Waals surface area contributed by atoms with Crippen LogP contribution in [-0.2, 0) is 36.4 Å². The van der Waals surface area contributed by atoms with E-state index in [1.807, 2.05) is 42.5 Å². The smallest absolute Gasteiger partial charge is 0.493 e. The van der Waals surface area contributed by atoms with Gasteiger partial charge >= 0.3 is 20.1 Å². The summed E-state index contributed by atoms with van der Waals surface area (Å²) in [6, 6.07) is 40.8. The molecule has 0 radical (unpaired) electrons. The first-order valence-corrected chi connectivity index (χ1v) is 15.7. The summed E-state index contributed by atoms with van der Waals surface area (Å²) in [5.41, 5.74) is 12.9. The third kappa shape index (κ3) is 5.33. The van der Waals surface area contributed by atoms with E-state index in [1.165, 1.54) is 57.8 Å². The molecule has 0 fully saturated rings. The Morgan fingerprint density at radius 3 is 2.16 bits per heavy atom. The number of fused-ring (bicyclic) bond motifs is 3. The maximum atomic E-state index is 4.22. The number of pyridine rings is 1. The van der Waals surface area contributed by atoms with Crippen molar-refractivity contribution in [3.63, 3.8) is 0 Å². The molecule has 0 bridgehead atoms. The van der Waals surface area contributed by atoms with E-state index >= 15 is 0 Å². The second-order valence-corrected chi connectivity index (χ2v) is 14.1. The first-order chi connectivity index (χ1) is 21.1. The third-order valence-electron chi connectivity index (χ3n) is 9.86. The van der Waals surface area contributed by atoms with Crippen LogP contribution in [0, 0.1) is 18.8 Å². The van der Waals surface area contributed by atoms with Gasteiger partial charge in [-0.1, -0.05) is 102 Å². The van der Waals surface area contributed by atoms with E-state index in [-0.39, 0.29) is 36.4 Å². The number of aromatic nitrogens is 1. The van der Waals surface area contributed by atoms with Crippen molar-refractivity contribution in [1.29, 1.82) is 0 Å². The normalized spacial score (nSPS) is 17.6. The van der Waals surface area contributed by atoms with E-state index < -0.39 is 0 Å². The molecule has 4 heteroatoms. The molecule has 5 aromatic rings. The van der Waals surface area contributed by atoms with Crippen molar-refractivity contribution in [2.75, 3.05) is 9.80 Å². The van der Waals surface area contributed by atoms with Gasteiger partial charge in [-0.05, 0) is 52.8 Å². The molecule has 3 nitrogen and oxygen atoms in total. The Morgan fingerprint density at radius 1 is 0.711 bits per heavy atom. The van der Waals surface area contributed by atoms with Gasteiger partial charge in [0.05, 0.1) is 0 Å². The summed E-state index contributed by atoms with van der Waals surface area (Å²) in [7, 11) is 0. The third-order valence-corrected chi connectivity index (χ3v) is 9.86. The van der Waals surface area contributed by atoms with E-state index in [4.69, 9.17) is 0 Å². The van der Waals surface area contributed by atoms with Gasteiger partial charge in [-0.15, -0.1) is 53.7 Å². The summed E-state index contributed by atoms with van der Waals surface area (Å²) < 4.78 is 0. The Kier molecular flexibility index (Phi) is 8.04. The Hall–Kier alpha value is -3.72. The van der Waals surface area contributed by atoms with E-state index in [0.717, 1.165) is 11.3 Å². The quantitative estimate of drug-likeness (QED) is 0.167. The maximum absolute atomic E-state index is 4.22. The van der Waals surface area contributed by atoms with Crippen molar-refractivity contribution in [2.24, 2.45) is 0 Å². The van der Waals surface area contributed by atoms with Gasteiger partial charge in [0.15, 0.2) is 0 Å². The monoisotopic (exact) mass is 767 g/mol. The van der Waals surface area contributed by atoms with Gasteiger partial charge < -0.3 is 14.8 Å². The topological polar surface area (TPSA) is 19.4 Å². The van der Waals surface area contributed by atoms with Crippen LogP contribution in [0.25, 0.3) is 11.3 Å². The number of anilines is 4. The Morgan fingerprint density at radius 2 is 1.44 bits per heavy atom. The number of hydrogen-bond donors (Lipinski definition) is 0. The molecule has 1 aliphatic carbocycles. The molecule has 45 heavy (non-hydrogen) atoms. The van der Waals surface area contributed by atoms with Crippen LogP contribution < -0.4 is 9.80 Å². The fourth-order valence-corrected chi connectivity index (χ4v) is 7.06. The minimum Gasteiger partial charge on any atom is -0.493 e. The summed E-state index contributed by atoms with van der Waals surface area (Å²) in [6.45, 7) is 16.6. The number of benzene rings is 4. The van der Waals surface area contributed by atoms with Gasteiger partial charge in [0, 0.05) is 23.3 Å². The van der Waals surface area contributed by atoms with Crippen molar-refractivity contribution in [2.45, 2.75) is 70.6 Å². The molecule has 0 atom stereocenters. The van der Waals surface area contributed by atoms with Gasteiger partial charge in [-0.2, -0.15) is 17.7 Å². The fraction of sp³-hybridized carbons (Fsp3) is 0.268. The number of para-hydroxylation sites is 2. The van der Waals surface area contributed by atoms with Crippen LogP contribution >= 0.6 is 0 Å². The molecule has 2 aliphatic heterocycles. The van der Waals surface area contributed by atoms with Crippen molar-refractivity contribution >= 4 is 22.7 Å². The Labute approximate surface area is 282 Å². The second kappa shape index (κ2) is 11.6. The van der Waals surface area contributed by atoms with Crippen molar-refractivity contribution in [3.05, 3.63) is 144 Å². The van der Waals surface area contributed by atoms with Crippen LogP contribution in [0.1, 0.15) is 76.6 Å². The van der Waals surface area contributed by atoms with Crippen LogP contribution in [0.3, 0.4) is 0 Å². The molecule has 4 aromatic carbocycles. The molecule has 3 aliphatic rings. The molecule has 3 heterocycles. The fourth-order valence-electron chi connectivity index (χ4n) is 7.06. The SMILES string of the molecule is CC1(C)CCC(C)(C)c2cc3c([c-]c21)N1[CH-]N(c2ccccc2)c2cccc(c21)C3(C)C.[Ir+3].[c-]1ccccc1-c1ccccn1. The van der Waals surface area contributed by atoms with Gasteiger partial charge in [-0.25, -0.2) is 0 Å². The molecule has 0 saturated carbocycles. The molecule has 0 saturated heterocycles. The number of hydrogen-bond acceptors (Lipinski definition) is 3. The Balaban J connectivity index is 0.000000231. The second-order valence-electron chi connectivity index (χ2n) is 14.1. The van der Waals surface area contributed by atoms with Crippen LogP contribution in [0.15, 0.2) is 103 Å². The number of nitrogens with zero attached hydrogens (tertiary/aromatic N) is 3. The van der Waals surface area contributed by atoms with Crippen LogP contribution in [-0.4, -0.2) is 4.98 Å². The maximum Gasteiger partial charge on any atom is 3.00 e. The number of rotatable bonds is 2. The first kappa shape index (κ1) is 31.3. The zero-order valence-electron chi connectivity index (χ0n) is 27.0. The average Bonchev–Trinajstić information content (AvgIpc) is 3.44. The van der Waals surface area contributed by atoms with Crippen molar-refractivity contribution in [3.8, 4) is 11.3 Å². The molecule has 228 valence electrons. The van der Waals surface area contributed by atoms with Gasteiger partial charge in [0.2, 0.25) is 0 Å². The Bertz CT molecular complexity index is 1770. The van der Waals surface area contributed by atoms with Crippen molar-refractivity contribution in [1.82, 2.24) is 4.98 Å². The molecule has 0 amide bonds. The summed E-state index contributed by atoms with van der Waals surface area (Å²) in [5, 5.41) is 0. The zero-order valence-corrected chi connectivity index (χ0v) is 29.4. The first-order valence-electron chi connectivity index (χ1n) is 15.7. The predicted octanol–water partition coefficient (Wildman–Crippen LogP) is 10.4. The minimum absolute atomic E-state index is 0. The molecule has 0 spiro atoms. The van der Waals surface area contributed by atoms with E-state index in [1.54, 1.807) is 6.20 Å². The summed E-state index contributed by atoms with van der Waals surface area (Å²) >= 11 is 0.